The van der Waals surface area contributed by atoms with Crippen LogP contribution in [0.5, 0.6) is 5.75 Å². The molecule has 0 heterocycles. The van der Waals surface area contributed by atoms with Crippen molar-refractivity contribution in [2.45, 2.75) is 161 Å². The number of hydrogen-bond acceptors (Lipinski definition) is 8. The Kier molecular flexibility index (Phi) is 28.8. The van der Waals surface area contributed by atoms with E-state index in [-0.39, 0.29) is 18.4 Å². The monoisotopic (exact) mass is 703 g/mol. The lowest BCUT2D eigenvalue weighted by Crippen LogP contribution is -2.39. The average molecular weight is 703 g/mol. The third kappa shape index (κ3) is 27.5. The van der Waals surface area contributed by atoms with Crippen molar-refractivity contribution >= 4 is 18.0 Å². The van der Waals surface area contributed by atoms with Gasteiger partial charge in [-0.1, -0.05) is 129 Å². The highest BCUT2D eigenvalue weighted by molar-refractivity contribution is 5.87. The van der Waals surface area contributed by atoms with Gasteiger partial charge in [0.25, 0.3) is 0 Å². The second-order valence-electron chi connectivity index (χ2n) is 14.4. The van der Waals surface area contributed by atoms with Gasteiger partial charge in [0.05, 0.1) is 18.8 Å². The van der Waals surface area contributed by atoms with Crippen LogP contribution in [0.25, 0.3) is 6.08 Å². The lowest BCUT2D eigenvalue weighted by molar-refractivity contribution is -0.138. The first-order valence-electron chi connectivity index (χ1n) is 20.1. The topological polar surface area (TPSA) is 99.5 Å². The van der Waals surface area contributed by atoms with Crippen molar-refractivity contribution in [3.8, 4) is 5.75 Å². The van der Waals surface area contributed by atoms with Gasteiger partial charge in [0.2, 0.25) is 0 Å². The van der Waals surface area contributed by atoms with E-state index in [1.807, 2.05) is 19.0 Å². The van der Waals surface area contributed by atoms with Crippen molar-refractivity contribution in [2.24, 2.45) is 0 Å². The molecule has 8 nitrogen and oxygen atoms in total. The maximum absolute atomic E-state index is 12.7. The van der Waals surface area contributed by atoms with Gasteiger partial charge in [-0.3, -0.25) is 9.69 Å². The number of aliphatic hydroxyl groups is 2. The van der Waals surface area contributed by atoms with Crippen LogP contribution in [0, 0.1) is 0 Å². The van der Waals surface area contributed by atoms with Gasteiger partial charge in [-0.15, -0.1) is 0 Å². The summed E-state index contributed by atoms with van der Waals surface area (Å²) in [7, 11) is 3.96. The van der Waals surface area contributed by atoms with E-state index in [2.05, 4.69) is 18.7 Å². The molecule has 2 N–H and O–H groups in total. The fourth-order valence-corrected chi connectivity index (χ4v) is 6.11. The summed E-state index contributed by atoms with van der Waals surface area (Å²) in [6.45, 7) is 7.37. The van der Waals surface area contributed by atoms with Gasteiger partial charge in [-0.2, -0.15) is 0 Å². The van der Waals surface area contributed by atoms with Crippen LogP contribution in [0.3, 0.4) is 0 Å². The van der Waals surface area contributed by atoms with Crippen LogP contribution in [-0.2, 0) is 14.3 Å². The quantitative estimate of drug-likeness (QED) is 0.0324. The predicted molar refractivity (Wildman–Crippen MR) is 207 cm³/mol. The van der Waals surface area contributed by atoms with Gasteiger partial charge in [0, 0.05) is 32.1 Å². The summed E-state index contributed by atoms with van der Waals surface area (Å²) in [4.78, 5) is 28.8. The molecule has 2 atom stereocenters. The van der Waals surface area contributed by atoms with Gasteiger partial charge in [-0.25, -0.2) is 4.79 Å². The van der Waals surface area contributed by atoms with E-state index in [1.54, 1.807) is 30.3 Å². The Bertz CT molecular complexity index is 955. The lowest BCUT2D eigenvalue weighted by Gasteiger charge is -2.27. The molecular formula is C42H74N2O6. The third-order valence-electron chi connectivity index (χ3n) is 9.09. The molecule has 1 rings (SSSR count). The number of nitrogens with zero attached hydrogens (tertiary/aromatic N) is 2. The van der Waals surface area contributed by atoms with Crippen LogP contribution in [0.4, 0.5) is 0 Å². The summed E-state index contributed by atoms with van der Waals surface area (Å²) in [5, 5.41) is 21.7. The zero-order valence-corrected chi connectivity index (χ0v) is 32.4. The molecule has 0 aliphatic carbocycles. The number of hydrogen-bond donors (Lipinski definition) is 2. The Morgan fingerprint density at radius 1 is 0.680 bits per heavy atom. The number of esters is 2. The zero-order valence-electron chi connectivity index (χ0n) is 32.4. The molecule has 8 heteroatoms. The summed E-state index contributed by atoms with van der Waals surface area (Å²) < 4.78 is 10.8. The van der Waals surface area contributed by atoms with Crippen LogP contribution in [0.2, 0.25) is 0 Å². The summed E-state index contributed by atoms with van der Waals surface area (Å²) in [6, 6.07) is 7.02. The van der Waals surface area contributed by atoms with Gasteiger partial charge in [0.1, 0.15) is 5.75 Å². The van der Waals surface area contributed by atoms with E-state index in [9.17, 15) is 19.8 Å². The van der Waals surface area contributed by atoms with Gasteiger partial charge < -0.3 is 24.6 Å². The minimum Gasteiger partial charge on any atom is -0.462 e. The summed E-state index contributed by atoms with van der Waals surface area (Å²) in [5.74, 6) is -0.236. The molecule has 0 bridgehead atoms. The molecular weight excluding hydrogens is 628 g/mol. The highest BCUT2D eigenvalue weighted by atomic mass is 16.5. The molecule has 0 spiro atoms. The van der Waals surface area contributed by atoms with E-state index in [0.717, 1.165) is 57.1 Å². The predicted octanol–water partition coefficient (Wildman–Crippen LogP) is 8.97. The van der Waals surface area contributed by atoms with Crippen LogP contribution in [-0.4, -0.2) is 91.0 Å². The van der Waals surface area contributed by atoms with Crippen LogP contribution in [0.1, 0.15) is 154 Å². The fraction of sp³-hybridized carbons (Fsp3) is 0.762. The number of carbonyl (C=O) groups is 2. The molecule has 1 aromatic carbocycles. The maximum Gasteiger partial charge on any atom is 0.330 e. The Labute approximate surface area is 306 Å². The number of carbonyl (C=O) groups excluding carboxylic acids is 2. The largest absolute Gasteiger partial charge is 0.462 e. The molecule has 0 aliphatic rings. The molecule has 0 amide bonds. The highest BCUT2D eigenvalue weighted by Gasteiger charge is 2.17. The van der Waals surface area contributed by atoms with E-state index < -0.39 is 12.2 Å². The molecule has 0 aliphatic heterocycles. The molecule has 50 heavy (non-hydrogen) atoms. The fourth-order valence-electron chi connectivity index (χ4n) is 6.11. The number of unbranched alkanes of at least 4 members (excludes halogenated alkanes) is 14. The van der Waals surface area contributed by atoms with Crippen LogP contribution < -0.4 is 4.74 Å². The second-order valence-corrected chi connectivity index (χ2v) is 14.4. The number of ether oxygens (including phenoxy) is 2. The van der Waals surface area contributed by atoms with Crippen molar-refractivity contribution in [2.75, 3.05) is 46.9 Å². The minimum absolute atomic E-state index is 0.250. The smallest absolute Gasteiger partial charge is 0.330 e. The number of benzene rings is 1. The lowest BCUT2D eigenvalue weighted by atomic mass is 10.0. The van der Waals surface area contributed by atoms with Crippen molar-refractivity contribution in [1.82, 2.24) is 9.80 Å². The SMILES string of the molecule is CCCCCCCCCCC(O)CN(CCCC(=O)Oc1ccc(/C=C/C(=O)OCCCN(C)C)cc1)CC(O)CCCCCCCCCC. The summed E-state index contributed by atoms with van der Waals surface area (Å²) >= 11 is 0. The Morgan fingerprint density at radius 3 is 1.68 bits per heavy atom. The van der Waals surface area contributed by atoms with Gasteiger partial charge >= 0.3 is 11.9 Å². The highest BCUT2D eigenvalue weighted by Crippen LogP contribution is 2.16. The van der Waals surface area contributed by atoms with Gasteiger partial charge in [-0.05, 0) is 70.1 Å². The van der Waals surface area contributed by atoms with E-state index >= 15 is 0 Å². The van der Waals surface area contributed by atoms with Gasteiger partial charge in [0.15, 0.2) is 0 Å². The molecule has 0 saturated carbocycles. The second kappa shape index (κ2) is 31.5. The first kappa shape index (κ1) is 45.8. The Morgan fingerprint density at radius 2 is 1.18 bits per heavy atom. The van der Waals surface area contributed by atoms with Crippen molar-refractivity contribution in [3.63, 3.8) is 0 Å². The maximum atomic E-state index is 12.7. The summed E-state index contributed by atoms with van der Waals surface area (Å²) in [5.41, 5.74) is 0.807. The third-order valence-corrected chi connectivity index (χ3v) is 9.09. The normalized spacial score (nSPS) is 13.0. The molecule has 0 radical (unpaired) electrons. The Balaban J connectivity index is 2.50. The van der Waals surface area contributed by atoms with Crippen molar-refractivity contribution in [3.05, 3.63) is 35.9 Å². The average Bonchev–Trinajstić information content (AvgIpc) is 3.08. The van der Waals surface area contributed by atoms with E-state index in [4.69, 9.17) is 9.47 Å². The molecule has 1 aromatic rings. The number of rotatable bonds is 33. The molecule has 0 aromatic heterocycles. The van der Waals surface area contributed by atoms with Crippen molar-refractivity contribution in [1.29, 1.82) is 0 Å². The molecule has 0 saturated heterocycles. The van der Waals surface area contributed by atoms with E-state index in [0.29, 0.717) is 38.4 Å². The van der Waals surface area contributed by atoms with Crippen LogP contribution >= 0.6 is 0 Å². The zero-order chi connectivity index (χ0) is 36.7. The Hall–Kier alpha value is -2.26. The molecule has 0 fully saturated rings. The standard InChI is InChI=1S/C42H74N2O6/c1-5-7-9-11-13-15-17-19-23-38(45)35-44(36-39(46)24-20-18-16-14-12-10-8-6-2)33-21-25-42(48)50-40-29-26-37(27-30-40)28-31-41(47)49-34-22-32-43(3)4/h26-31,38-39,45-46H,5-25,32-36H2,1-4H3/b31-28+. The molecule has 288 valence electrons. The molecule has 2 unspecified atom stereocenters. The first-order valence-corrected chi connectivity index (χ1v) is 20.1. The van der Waals surface area contributed by atoms with Crippen molar-refractivity contribution < 1.29 is 29.3 Å². The first-order chi connectivity index (χ1) is 24.2. The van der Waals surface area contributed by atoms with E-state index in [1.165, 1.54) is 83.1 Å². The number of aliphatic hydroxyl groups excluding tert-OH is 2. The van der Waals surface area contributed by atoms with Crippen LogP contribution in [0.15, 0.2) is 30.3 Å². The minimum atomic E-state index is -0.435. The summed E-state index contributed by atoms with van der Waals surface area (Å²) in [6.07, 6.45) is 25.2.